The maximum absolute atomic E-state index is 6.23. The van der Waals surface area contributed by atoms with Gasteiger partial charge in [0.2, 0.25) is 0 Å². The average Bonchev–Trinajstić information content (AvgIpc) is 2.67. The lowest BCUT2D eigenvalue weighted by Gasteiger charge is -2.19. The first kappa shape index (κ1) is 22.8. The molecule has 0 saturated heterocycles. The summed E-state index contributed by atoms with van der Waals surface area (Å²) in [6.45, 7) is 17.3. The van der Waals surface area contributed by atoms with E-state index in [1.807, 2.05) is 6.08 Å². The van der Waals surface area contributed by atoms with Crippen molar-refractivity contribution in [2.45, 2.75) is 47.0 Å². The zero-order valence-corrected chi connectivity index (χ0v) is 17.5. The highest BCUT2D eigenvalue weighted by atomic mass is 16.5. The molecule has 1 rings (SSSR count). The lowest BCUT2D eigenvalue weighted by molar-refractivity contribution is 0.172. The topological polar surface area (TPSA) is 18.5 Å². The molecule has 1 aliphatic rings. The summed E-state index contributed by atoms with van der Waals surface area (Å²) in [4.78, 5) is 0. The minimum atomic E-state index is 0.355. The minimum Gasteiger partial charge on any atom is -0.485 e. The van der Waals surface area contributed by atoms with Crippen molar-refractivity contribution >= 4 is 0 Å². The predicted molar refractivity (Wildman–Crippen MR) is 117 cm³/mol. The van der Waals surface area contributed by atoms with Gasteiger partial charge in [0.25, 0.3) is 0 Å². The molecule has 0 radical (unpaired) electrons. The summed E-state index contributed by atoms with van der Waals surface area (Å²) in [6, 6.07) is 0. The predicted octanol–water partition coefficient (Wildman–Crippen LogP) is 7.06. The molecule has 0 bridgehead atoms. The second-order valence-electron chi connectivity index (χ2n) is 7.21. The van der Waals surface area contributed by atoms with E-state index in [4.69, 9.17) is 9.47 Å². The van der Waals surface area contributed by atoms with Crippen molar-refractivity contribution < 1.29 is 9.47 Å². The number of allylic oxidation sites excluding steroid dienone is 6. The average molecular weight is 369 g/mol. The summed E-state index contributed by atoms with van der Waals surface area (Å²) in [7, 11) is 0. The van der Waals surface area contributed by atoms with E-state index in [-0.39, 0.29) is 0 Å². The third-order valence-corrected chi connectivity index (χ3v) is 4.26. The molecule has 27 heavy (non-hydrogen) atoms. The van der Waals surface area contributed by atoms with E-state index in [1.165, 1.54) is 5.57 Å². The van der Waals surface area contributed by atoms with Crippen molar-refractivity contribution in [2.24, 2.45) is 11.8 Å². The Labute approximate surface area is 166 Å². The highest BCUT2D eigenvalue weighted by Gasteiger charge is 2.13. The third kappa shape index (κ3) is 9.33. The van der Waals surface area contributed by atoms with Crippen LogP contribution in [0.5, 0.6) is 0 Å². The van der Waals surface area contributed by atoms with Crippen molar-refractivity contribution in [3.63, 3.8) is 0 Å². The minimum absolute atomic E-state index is 0.355. The standard InChI is InChI=1S/C25H36O2/c1-7-13-22(9-3)18-26-24(16-20(4)5)25(17-21(6)8-2)27-19-23-14-11-10-12-15-23/h7,9,11,13-17,20-21H,1,3,8,10,12,18-19H2,2,4-6H3/b22-13+,24-16+,25-17+. The zero-order valence-electron chi connectivity index (χ0n) is 17.5. The summed E-state index contributed by atoms with van der Waals surface area (Å²) < 4.78 is 12.4. The van der Waals surface area contributed by atoms with Gasteiger partial charge in [-0.15, -0.1) is 0 Å². The maximum Gasteiger partial charge on any atom is 0.157 e. The largest absolute Gasteiger partial charge is 0.485 e. The smallest absolute Gasteiger partial charge is 0.157 e. The van der Waals surface area contributed by atoms with Gasteiger partial charge in [0.15, 0.2) is 11.5 Å². The van der Waals surface area contributed by atoms with Gasteiger partial charge in [0.1, 0.15) is 13.2 Å². The first-order valence-electron chi connectivity index (χ1n) is 9.99. The first-order valence-corrected chi connectivity index (χ1v) is 9.99. The van der Waals surface area contributed by atoms with Crippen LogP contribution in [0.25, 0.3) is 0 Å². The van der Waals surface area contributed by atoms with Crippen molar-refractivity contribution in [1.82, 2.24) is 0 Å². The Morgan fingerprint density at radius 1 is 1.11 bits per heavy atom. The van der Waals surface area contributed by atoms with Gasteiger partial charge in [-0.1, -0.05) is 77.3 Å². The quantitative estimate of drug-likeness (QED) is 0.271. The van der Waals surface area contributed by atoms with Gasteiger partial charge in [-0.3, -0.25) is 0 Å². The molecule has 0 amide bonds. The maximum atomic E-state index is 6.23. The van der Waals surface area contributed by atoms with Gasteiger partial charge in [-0.2, -0.15) is 0 Å². The second-order valence-corrected chi connectivity index (χ2v) is 7.21. The van der Waals surface area contributed by atoms with Crippen LogP contribution >= 0.6 is 0 Å². The molecule has 0 aromatic rings. The molecule has 2 heteroatoms. The van der Waals surface area contributed by atoms with Gasteiger partial charge in [0.05, 0.1) is 0 Å². The molecule has 0 aromatic heterocycles. The van der Waals surface area contributed by atoms with E-state index in [9.17, 15) is 0 Å². The van der Waals surface area contributed by atoms with Crippen LogP contribution in [0.2, 0.25) is 0 Å². The fourth-order valence-corrected chi connectivity index (χ4v) is 2.51. The van der Waals surface area contributed by atoms with E-state index in [0.717, 1.165) is 36.4 Å². The van der Waals surface area contributed by atoms with Crippen LogP contribution in [0, 0.1) is 11.8 Å². The van der Waals surface area contributed by atoms with Gasteiger partial charge >= 0.3 is 0 Å². The summed E-state index contributed by atoms with van der Waals surface area (Å²) in [6.07, 6.45) is 19.6. The Balaban J connectivity index is 3.02. The lowest BCUT2D eigenvalue weighted by Crippen LogP contribution is -2.08. The third-order valence-electron chi connectivity index (χ3n) is 4.26. The van der Waals surface area contributed by atoms with Crippen LogP contribution in [0.3, 0.4) is 0 Å². The van der Waals surface area contributed by atoms with Crippen molar-refractivity contribution in [3.05, 3.63) is 84.4 Å². The molecular formula is C25H36O2. The Bertz CT molecular complexity index is 627. The molecule has 0 aromatic carbocycles. The molecule has 0 heterocycles. The Kier molecular flexibility index (Phi) is 11.0. The van der Waals surface area contributed by atoms with Crippen molar-refractivity contribution in [1.29, 1.82) is 0 Å². The number of ether oxygens (including phenoxy) is 2. The van der Waals surface area contributed by atoms with Gasteiger partial charge in [-0.25, -0.2) is 0 Å². The molecule has 2 nitrogen and oxygen atoms in total. The summed E-state index contributed by atoms with van der Waals surface area (Å²) >= 11 is 0. The number of rotatable bonds is 12. The SMILES string of the molecule is C=C/C=C(\C=C)COC(=C/C(C)C)/C(=C\C(C)CC)OCC1=CCCC=C1. The molecule has 0 spiro atoms. The van der Waals surface area contributed by atoms with Crippen LogP contribution in [0.4, 0.5) is 0 Å². The van der Waals surface area contributed by atoms with Gasteiger partial charge in [0, 0.05) is 0 Å². The lowest BCUT2D eigenvalue weighted by atomic mass is 10.1. The van der Waals surface area contributed by atoms with Gasteiger partial charge in [-0.05, 0) is 54.4 Å². The van der Waals surface area contributed by atoms with E-state index in [1.54, 1.807) is 12.2 Å². The summed E-state index contributed by atoms with van der Waals surface area (Å²) in [5.41, 5.74) is 2.21. The monoisotopic (exact) mass is 368 g/mol. The first-order chi connectivity index (χ1) is 13.0. The van der Waals surface area contributed by atoms with E-state index >= 15 is 0 Å². The van der Waals surface area contributed by atoms with E-state index < -0.39 is 0 Å². The Morgan fingerprint density at radius 2 is 1.85 bits per heavy atom. The zero-order chi connectivity index (χ0) is 20.1. The number of hydrogen-bond acceptors (Lipinski definition) is 2. The Morgan fingerprint density at radius 3 is 2.41 bits per heavy atom. The summed E-state index contributed by atoms with van der Waals surface area (Å²) in [5, 5.41) is 0. The van der Waals surface area contributed by atoms with Crippen LogP contribution in [0.15, 0.2) is 84.4 Å². The highest BCUT2D eigenvalue weighted by molar-refractivity contribution is 5.27. The molecule has 0 fully saturated rings. The molecule has 0 saturated carbocycles. The second kappa shape index (κ2) is 13.0. The summed E-state index contributed by atoms with van der Waals surface area (Å²) in [5.74, 6) is 2.38. The van der Waals surface area contributed by atoms with E-state index in [2.05, 4.69) is 71.2 Å². The molecule has 1 atom stereocenters. The van der Waals surface area contributed by atoms with Crippen LogP contribution < -0.4 is 0 Å². The van der Waals surface area contributed by atoms with Crippen molar-refractivity contribution in [2.75, 3.05) is 13.2 Å². The molecule has 0 aliphatic heterocycles. The van der Waals surface area contributed by atoms with Crippen LogP contribution in [-0.2, 0) is 9.47 Å². The molecule has 148 valence electrons. The van der Waals surface area contributed by atoms with Gasteiger partial charge < -0.3 is 9.47 Å². The van der Waals surface area contributed by atoms with Crippen LogP contribution in [0.1, 0.15) is 47.0 Å². The Hall–Kier alpha value is -2.22. The highest BCUT2D eigenvalue weighted by Crippen LogP contribution is 2.22. The molecular weight excluding hydrogens is 332 g/mol. The molecule has 1 aliphatic carbocycles. The fraction of sp³-hybridized carbons (Fsp3) is 0.440. The molecule has 1 unspecified atom stereocenters. The van der Waals surface area contributed by atoms with E-state index in [0.29, 0.717) is 25.0 Å². The van der Waals surface area contributed by atoms with Crippen molar-refractivity contribution in [3.8, 4) is 0 Å². The number of hydrogen-bond donors (Lipinski definition) is 0. The molecule has 0 N–H and O–H groups in total. The van der Waals surface area contributed by atoms with Crippen LogP contribution in [-0.4, -0.2) is 13.2 Å². The fourth-order valence-electron chi connectivity index (χ4n) is 2.51. The normalized spacial score (nSPS) is 16.8.